The number of carbonyl (C=O) groups is 1. The number of hydrogen-bond donors (Lipinski definition) is 2. The van der Waals surface area contributed by atoms with Crippen LogP contribution in [0.15, 0.2) is 42.6 Å². The van der Waals surface area contributed by atoms with Gasteiger partial charge in [0, 0.05) is 6.42 Å². The molecule has 2 rings (SSSR count). The first kappa shape index (κ1) is 13.6. The number of nitrogens with zero attached hydrogens (tertiary/aromatic N) is 2. The van der Waals surface area contributed by atoms with E-state index >= 15 is 0 Å². The van der Waals surface area contributed by atoms with E-state index in [1.54, 1.807) is 37.4 Å². The van der Waals surface area contributed by atoms with Gasteiger partial charge in [-0.15, -0.1) is 0 Å². The second kappa shape index (κ2) is 6.34. The zero-order valence-electron chi connectivity index (χ0n) is 11.1. The van der Waals surface area contributed by atoms with Crippen LogP contribution < -0.4 is 10.6 Å². The van der Waals surface area contributed by atoms with Crippen molar-refractivity contribution in [1.82, 2.24) is 4.98 Å². The summed E-state index contributed by atoms with van der Waals surface area (Å²) in [6.45, 7) is 1.79. The molecule has 2 N–H and O–H groups in total. The third-order valence-electron chi connectivity index (χ3n) is 2.68. The highest BCUT2D eigenvalue weighted by molar-refractivity contribution is 5.90. The molecular formula is C15H14N4O. The topological polar surface area (TPSA) is 77.8 Å². The number of carbonyl (C=O) groups excluding carboxylic acids is 1. The first-order valence-electron chi connectivity index (χ1n) is 6.25. The maximum absolute atomic E-state index is 11.3. The highest BCUT2D eigenvalue weighted by Crippen LogP contribution is 2.19. The van der Waals surface area contributed by atoms with E-state index in [4.69, 9.17) is 5.26 Å². The molecule has 0 aliphatic carbocycles. The van der Waals surface area contributed by atoms with Crippen molar-refractivity contribution in [2.45, 2.75) is 13.3 Å². The number of amides is 1. The number of anilines is 3. The minimum atomic E-state index is -0.0534. The van der Waals surface area contributed by atoms with Crippen LogP contribution in [0.2, 0.25) is 0 Å². The molecule has 0 aliphatic heterocycles. The normalized spacial score (nSPS) is 9.60. The zero-order chi connectivity index (χ0) is 14.4. The number of nitriles is 1. The quantitative estimate of drug-likeness (QED) is 0.891. The summed E-state index contributed by atoms with van der Waals surface area (Å²) in [5.74, 6) is 0.560. The number of benzene rings is 1. The molecule has 0 unspecified atom stereocenters. The van der Waals surface area contributed by atoms with Crippen molar-refractivity contribution in [3.8, 4) is 6.07 Å². The van der Waals surface area contributed by atoms with Gasteiger partial charge in [0.15, 0.2) is 0 Å². The van der Waals surface area contributed by atoms with Gasteiger partial charge in [-0.25, -0.2) is 4.98 Å². The fourth-order valence-corrected chi connectivity index (χ4v) is 1.62. The lowest BCUT2D eigenvalue weighted by atomic mass is 10.2. The van der Waals surface area contributed by atoms with Crippen molar-refractivity contribution in [2.75, 3.05) is 10.6 Å². The number of pyridine rings is 1. The second-order valence-electron chi connectivity index (χ2n) is 4.12. The predicted molar refractivity (Wildman–Crippen MR) is 77.6 cm³/mol. The Morgan fingerprint density at radius 2 is 2.10 bits per heavy atom. The Kier molecular flexibility index (Phi) is 4.30. The summed E-state index contributed by atoms with van der Waals surface area (Å²) in [7, 11) is 0. The van der Waals surface area contributed by atoms with Crippen molar-refractivity contribution < 1.29 is 4.79 Å². The van der Waals surface area contributed by atoms with Crippen molar-refractivity contribution >= 4 is 23.1 Å². The van der Waals surface area contributed by atoms with Crippen molar-refractivity contribution in [1.29, 1.82) is 5.26 Å². The molecule has 1 heterocycles. The van der Waals surface area contributed by atoms with Crippen LogP contribution in [0.1, 0.15) is 18.9 Å². The van der Waals surface area contributed by atoms with Crippen molar-refractivity contribution in [3.63, 3.8) is 0 Å². The van der Waals surface area contributed by atoms with E-state index in [0.29, 0.717) is 29.2 Å². The third kappa shape index (κ3) is 3.33. The maximum Gasteiger partial charge on any atom is 0.224 e. The molecule has 0 saturated heterocycles. The van der Waals surface area contributed by atoms with Gasteiger partial charge in [0.2, 0.25) is 5.91 Å². The van der Waals surface area contributed by atoms with Crippen LogP contribution in [0.3, 0.4) is 0 Å². The summed E-state index contributed by atoms with van der Waals surface area (Å²) in [5, 5.41) is 14.8. The van der Waals surface area contributed by atoms with Crippen molar-refractivity contribution in [3.05, 3.63) is 48.2 Å². The first-order valence-corrected chi connectivity index (χ1v) is 6.25. The molecule has 0 aliphatic rings. The maximum atomic E-state index is 11.3. The fraction of sp³-hybridized carbons (Fsp3) is 0.133. The molecule has 0 spiro atoms. The number of aromatic nitrogens is 1. The van der Waals surface area contributed by atoms with Gasteiger partial charge >= 0.3 is 0 Å². The molecule has 2 aromatic rings. The van der Waals surface area contributed by atoms with Gasteiger partial charge in [-0.3, -0.25) is 4.79 Å². The van der Waals surface area contributed by atoms with Gasteiger partial charge in [-0.1, -0.05) is 19.1 Å². The van der Waals surface area contributed by atoms with Crippen LogP contribution in [0.5, 0.6) is 0 Å². The number of rotatable bonds is 4. The van der Waals surface area contributed by atoms with E-state index in [1.165, 1.54) is 0 Å². The summed E-state index contributed by atoms with van der Waals surface area (Å²) < 4.78 is 0. The third-order valence-corrected chi connectivity index (χ3v) is 2.68. The molecule has 1 aromatic carbocycles. The minimum Gasteiger partial charge on any atom is -0.339 e. The largest absolute Gasteiger partial charge is 0.339 e. The molecule has 5 heteroatoms. The lowest BCUT2D eigenvalue weighted by Crippen LogP contribution is -2.09. The second-order valence-corrected chi connectivity index (χ2v) is 4.12. The molecule has 0 atom stereocenters. The number of hydrogen-bond acceptors (Lipinski definition) is 4. The summed E-state index contributed by atoms with van der Waals surface area (Å²) in [6.07, 6.45) is 2.00. The summed E-state index contributed by atoms with van der Waals surface area (Å²) in [6, 6.07) is 12.8. The Balaban J connectivity index is 2.11. The Hall–Kier alpha value is -2.87. The van der Waals surface area contributed by atoms with E-state index in [9.17, 15) is 4.79 Å². The SMILES string of the molecule is CCC(=O)Nc1ccc(Nc2ccccc2C#N)nc1. The van der Waals surface area contributed by atoms with Crippen LogP contribution in [0, 0.1) is 11.3 Å². The van der Waals surface area contributed by atoms with Gasteiger partial charge in [0.05, 0.1) is 23.1 Å². The van der Waals surface area contributed by atoms with Gasteiger partial charge in [-0.2, -0.15) is 5.26 Å². The smallest absolute Gasteiger partial charge is 0.224 e. The molecule has 0 saturated carbocycles. The Morgan fingerprint density at radius 3 is 2.75 bits per heavy atom. The number of nitrogens with one attached hydrogen (secondary N) is 2. The van der Waals surface area contributed by atoms with E-state index in [1.807, 2.05) is 12.1 Å². The van der Waals surface area contributed by atoms with Crippen molar-refractivity contribution in [2.24, 2.45) is 0 Å². The standard InChI is InChI=1S/C15H14N4O/c1-2-15(20)18-12-7-8-14(17-10-12)19-13-6-4-3-5-11(13)9-16/h3-8,10H,2H2,1H3,(H,17,19)(H,18,20). The van der Waals surface area contributed by atoms with Crippen LogP contribution in [0.25, 0.3) is 0 Å². The predicted octanol–water partition coefficient (Wildman–Crippen LogP) is 3.05. The monoisotopic (exact) mass is 266 g/mol. The van der Waals surface area contributed by atoms with E-state index in [2.05, 4.69) is 21.7 Å². The lowest BCUT2D eigenvalue weighted by Gasteiger charge is -2.08. The Bertz CT molecular complexity index is 644. The molecular weight excluding hydrogens is 252 g/mol. The van der Waals surface area contributed by atoms with Gasteiger partial charge in [0.1, 0.15) is 11.9 Å². The average molecular weight is 266 g/mol. The highest BCUT2D eigenvalue weighted by atomic mass is 16.1. The van der Waals surface area contributed by atoms with Gasteiger partial charge < -0.3 is 10.6 Å². The Labute approximate surface area is 117 Å². The average Bonchev–Trinajstić information content (AvgIpc) is 2.49. The summed E-state index contributed by atoms with van der Waals surface area (Å²) in [4.78, 5) is 15.5. The molecule has 0 bridgehead atoms. The fourth-order valence-electron chi connectivity index (χ4n) is 1.62. The lowest BCUT2D eigenvalue weighted by molar-refractivity contribution is -0.115. The zero-order valence-corrected chi connectivity index (χ0v) is 11.1. The summed E-state index contributed by atoms with van der Waals surface area (Å²) >= 11 is 0. The molecule has 20 heavy (non-hydrogen) atoms. The van der Waals surface area contributed by atoms with E-state index in [0.717, 1.165) is 0 Å². The minimum absolute atomic E-state index is 0.0534. The van der Waals surface area contributed by atoms with Crippen LogP contribution in [-0.4, -0.2) is 10.9 Å². The van der Waals surface area contributed by atoms with Gasteiger partial charge in [0.25, 0.3) is 0 Å². The molecule has 100 valence electrons. The molecule has 1 amide bonds. The molecule has 0 fully saturated rings. The number of para-hydroxylation sites is 1. The van der Waals surface area contributed by atoms with E-state index in [-0.39, 0.29) is 5.91 Å². The molecule has 1 aromatic heterocycles. The van der Waals surface area contributed by atoms with Crippen LogP contribution in [0.4, 0.5) is 17.2 Å². The van der Waals surface area contributed by atoms with E-state index < -0.39 is 0 Å². The summed E-state index contributed by atoms with van der Waals surface area (Å²) in [5.41, 5.74) is 1.90. The molecule has 5 nitrogen and oxygen atoms in total. The van der Waals surface area contributed by atoms with Crippen LogP contribution in [-0.2, 0) is 4.79 Å². The first-order chi connectivity index (χ1) is 9.72. The van der Waals surface area contributed by atoms with Crippen LogP contribution >= 0.6 is 0 Å². The highest BCUT2D eigenvalue weighted by Gasteiger charge is 2.03. The molecule has 0 radical (unpaired) electrons. The van der Waals surface area contributed by atoms with Gasteiger partial charge in [-0.05, 0) is 24.3 Å². The Morgan fingerprint density at radius 1 is 1.30 bits per heavy atom.